The SMILES string of the molecule is CCOC(=O)c1cccc(N=c2oc3c(OC)cccc3cc2C(=O)Nc2cccc(C)n2)c1. The molecule has 172 valence electrons. The number of nitrogens with one attached hydrogen (secondary N) is 1. The standard InChI is InChI=1S/C26H23N3O5/c1-4-33-26(31)18-10-6-11-19(14-18)28-25-20(24(30)29-22-13-5-8-16(2)27-22)15-17-9-7-12-21(32-3)23(17)34-25/h5-15H,4H2,1-3H3,(H,27,29,30). The number of esters is 1. The third-order valence-corrected chi connectivity index (χ3v) is 4.92. The molecule has 0 atom stereocenters. The summed E-state index contributed by atoms with van der Waals surface area (Å²) >= 11 is 0. The van der Waals surface area contributed by atoms with Crippen LogP contribution in [0.3, 0.4) is 0 Å². The van der Waals surface area contributed by atoms with Crippen LogP contribution >= 0.6 is 0 Å². The summed E-state index contributed by atoms with van der Waals surface area (Å²) in [5.74, 6) is 0.0135. The largest absolute Gasteiger partial charge is 0.493 e. The number of fused-ring (bicyclic) bond motifs is 1. The average molecular weight is 457 g/mol. The summed E-state index contributed by atoms with van der Waals surface area (Å²) in [7, 11) is 1.54. The highest BCUT2D eigenvalue weighted by molar-refractivity contribution is 6.05. The zero-order valence-electron chi connectivity index (χ0n) is 19.0. The molecule has 0 spiro atoms. The number of nitrogens with zero attached hydrogens (tertiary/aromatic N) is 2. The van der Waals surface area contributed by atoms with Gasteiger partial charge in [0.05, 0.1) is 25.0 Å². The number of anilines is 1. The van der Waals surface area contributed by atoms with Crippen LogP contribution in [0.4, 0.5) is 11.5 Å². The van der Waals surface area contributed by atoms with E-state index in [-0.39, 0.29) is 17.7 Å². The van der Waals surface area contributed by atoms with E-state index in [1.807, 2.05) is 19.1 Å². The molecule has 0 unspecified atom stereocenters. The monoisotopic (exact) mass is 457 g/mol. The van der Waals surface area contributed by atoms with E-state index in [1.165, 1.54) is 7.11 Å². The molecule has 1 amide bonds. The Labute approximate surface area is 195 Å². The zero-order chi connectivity index (χ0) is 24.1. The minimum absolute atomic E-state index is 0.0585. The number of benzene rings is 2. The lowest BCUT2D eigenvalue weighted by atomic mass is 10.1. The second-order valence-electron chi connectivity index (χ2n) is 7.34. The fraction of sp³-hybridized carbons (Fsp3) is 0.154. The fourth-order valence-electron chi connectivity index (χ4n) is 3.36. The van der Waals surface area contributed by atoms with E-state index in [0.717, 1.165) is 5.69 Å². The molecule has 0 saturated carbocycles. The first kappa shape index (κ1) is 22.7. The lowest BCUT2D eigenvalue weighted by molar-refractivity contribution is 0.0526. The van der Waals surface area contributed by atoms with Gasteiger partial charge in [-0.15, -0.1) is 0 Å². The molecule has 8 nitrogen and oxygen atoms in total. The molecule has 0 aliphatic carbocycles. The number of hydrogen-bond acceptors (Lipinski definition) is 7. The maximum atomic E-state index is 13.2. The predicted octanol–water partition coefficient (Wildman–Crippen LogP) is 4.81. The Kier molecular flexibility index (Phi) is 6.68. The van der Waals surface area contributed by atoms with Crippen molar-refractivity contribution in [3.05, 3.63) is 89.1 Å². The first-order valence-electron chi connectivity index (χ1n) is 10.7. The highest BCUT2D eigenvalue weighted by atomic mass is 16.5. The summed E-state index contributed by atoms with van der Waals surface area (Å²) in [6, 6.07) is 19.0. The molecule has 1 N–H and O–H groups in total. The highest BCUT2D eigenvalue weighted by Gasteiger charge is 2.16. The normalized spacial score (nSPS) is 11.3. The van der Waals surface area contributed by atoms with Crippen LogP contribution in [0.25, 0.3) is 11.0 Å². The molecule has 2 aromatic carbocycles. The number of hydrogen-bond donors (Lipinski definition) is 1. The minimum Gasteiger partial charge on any atom is -0.493 e. The quantitative estimate of drug-likeness (QED) is 0.417. The minimum atomic E-state index is -0.458. The van der Waals surface area contributed by atoms with Crippen molar-refractivity contribution in [2.24, 2.45) is 4.99 Å². The van der Waals surface area contributed by atoms with Crippen molar-refractivity contribution in [1.82, 2.24) is 4.98 Å². The molecule has 8 heteroatoms. The number of pyridine rings is 1. The van der Waals surface area contributed by atoms with E-state index >= 15 is 0 Å². The first-order chi connectivity index (χ1) is 16.5. The number of aromatic nitrogens is 1. The maximum Gasteiger partial charge on any atom is 0.338 e. The molecule has 2 aromatic heterocycles. The van der Waals surface area contributed by atoms with Gasteiger partial charge in [0.15, 0.2) is 11.3 Å². The second-order valence-corrected chi connectivity index (χ2v) is 7.34. The number of aryl methyl sites for hydroxylation is 1. The molecule has 0 saturated heterocycles. The Morgan fingerprint density at radius 2 is 1.85 bits per heavy atom. The van der Waals surface area contributed by atoms with Crippen LogP contribution in [0.2, 0.25) is 0 Å². The molecular formula is C26H23N3O5. The highest BCUT2D eigenvalue weighted by Crippen LogP contribution is 2.25. The van der Waals surface area contributed by atoms with Crippen molar-refractivity contribution in [3.63, 3.8) is 0 Å². The molecule has 0 aliphatic rings. The second kappa shape index (κ2) is 9.99. The lowest BCUT2D eigenvalue weighted by Crippen LogP contribution is -2.22. The molecule has 2 heterocycles. The van der Waals surface area contributed by atoms with Gasteiger partial charge in [-0.05, 0) is 56.3 Å². The number of amides is 1. The molecule has 0 aliphatic heterocycles. The predicted molar refractivity (Wildman–Crippen MR) is 127 cm³/mol. The molecule has 34 heavy (non-hydrogen) atoms. The van der Waals surface area contributed by atoms with Gasteiger partial charge in [0.2, 0.25) is 5.55 Å². The summed E-state index contributed by atoms with van der Waals surface area (Å²) in [6.45, 7) is 3.84. The number of carbonyl (C=O) groups excluding carboxylic acids is 2. The first-order valence-corrected chi connectivity index (χ1v) is 10.7. The molecule has 4 rings (SSSR count). The average Bonchev–Trinajstić information content (AvgIpc) is 2.83. The van der Waals surface area contributed by atoms with E-state index in [1.54, 1.807) is 61.5 Å². The number of carbonyl (C=O) groups is 2. The topological polar surface area (TPSA) is 103 Å². The lowest BCUT2D eigenvalue weighted by Gasteiger charge is -2.09. The van der Waals surface area contributed by atoms with Crippen LogP contribution < -0.4 is 15.6 Å². The van der Waals surface area contributed by atoms with Crippen molar-refractivity contribution in [1.29, 1.82) is 0 Å². The van der Waals surface area contributed by atoms with Crippen LogP contribution in [-0.2, 0) is 4.74 Å². The Bertz CT molecular complexity index is 1440. The Balaban J connectivity index is 1.86. The van der Waals surface area contributed by atoms with Crippen LogP contribution in [0.15, 0.2) is 76.1 Å². The van der Waals surface area contributed by atoms with Crippen molar-refractivity contribution >= 4 is 34.4 Å². The van der Waals surface area contributed by atoms with Gasteiger partial charge in [-0.1, -0.05) is 24.3 Å². The fourth-order valence-corrected chi connectivity index (χ4v) is 3.36. The number of para-hydroxylation sites is 1. The Morgan fingerprint density at radius 1 is 1.06 bits per heavy atom. The third kappa shape index (κ3) is 4.96. The number of methoxy groups -OCH3 is 1. The van der Waals surface area contributed by atoms with Crippen LogP contribution in [0, 0.1) is 6.92 Å². The van der Waals surface area contributed by atoms with Crippen molar-refractivity contribution in [3.8, 4) is 5.75 Å². The Hall–Kier alpha value is -4.46. The van der Waals surface area contributed by atoms with Gasteiger partial charge in [0.1, 0.15) is 11.4 Å². The molecule has 0 bridgehead atoms. The summed E-state index contributed by atoms with van der Waals surface area (Å²) in [5.41, 5.74) is 2.23. The van der Waals surface area contributed by atoms with Gasteiger partial charge in [0, 0.05) is 11.1 Å². The van der Waals surface area contributed by atoms with Gasteiger partial charge in [-0.25, -0.2) is 14.8 Å². The van der Waals surface area contributed by atoms with E-state index in [4.69, 9.17) is 13.9 Å². The summed E-state index contributed by atoms with van der Waals surface area (Å²) in [5, 5.41) is 3.46. The van der Waals surface area contributed by atoms with Gasteiger partial charge < -0.3 is 19.2 Å². The summed E-state index contributed by atoms with van der Waals surface area (Å²) in [4.78, 5) is 34.2. The van der Waals surface area contributed by atoms with Gasteiger partial charge in [0.25, 0.3) is 5.91 Å². The number of rotatable bonds is 6. The Morgan fingerprint density at radius 3 is 2.62 bits per heavy atom. The van der Waals surface area contributed by atoms with Gasteiger partial charge in [-0.2, -0.15) is 0 Å². The van der Waals surface area contributed by atoms with Crippen LogP contribution in [-0.4, -0.2) is 30.6 Å². The van der Waals surface area contributed by atoms with E-state index in [0.29, 0.717) is 33.8 Å². The molecular weight excluding hydrogens is 434 g/mol. The number of ether oxygens (including phenoxy) is 2. The van der Waals surface area contributed by atoms with Crippen LogP contribution in [0.1, 0.15) is 33.3 Å². The third-order valence-electron chi connectivity index (χ3n) is 4.92. The van der Waals surface area contributed by atoms with Crippen molar-refractivity contribution in [2.75, 3.05) is 19.0 Å². The maximum absolute atomic E-state index is 13.2. The van der Waals surface area contributed by atoms with Crippen molar-refractivity contribution < 1.29 is 23.5 Å². The summed E-state index contributed by atoms with van der Waals surface area (Å²) < 4.78 is 16.5. The molecule has 0 fully saturated rings. The van der Waals surface area contributed by atoms with Crippen molar-refractivity contribution in [2.45, 2.75) is 13.8 Å². The summed E-state index contributed by atoms with van der Waals surface area (Å²) in [6.07, 6.45) is 0. The van der Waals surface area contributed by atoms with Gasteiger partial charge >= 0.3 is 5.97 Å². The van der Waals surface area contributed by atoms with Gasteiger partial charge in [-0.3, -0.25) is 4.79 Å². The molecule has 4 aromatic rings. The van der Waals surface area contributed by atoms with E-state index in [2.05, 4.69) is 15.3 Å². The van der Waals surface area contributed by atoms with E-state index in [9.17, 15) is 9.59 Å². The molecule has 0 radical (unpaired) electrons. The smallest absolute Gasteiger partial charge is 0.338 e. The van der Waals surface area contributed by atoms with Crippen LogP contribution in [0.5, 0.6) is 5.75 Å². The zero-order valence-corrected chi connectivity index (χ0v) is 19.0. The van der Waals surface area contributed by atoms with E-state index < -0.39 is 11.9 Å².